The molecule has 4 N–H and O–H groups in total. The molecular weight excluding hydrogens is 1650 g/mol. The number of ether oxygens (including phenoxy) is 4. The fraction of sp³-hybridized carbons (Fsp3) is 0.283. The fourth-order valence-electron chi connectivity index (χ4n) is 17.2. The van der Waals surface area contributed by atoms with Crippen LogP contribution in [0.3, 0.4) is 0 Å². The summed E-state index contributed by atoms with van der Waals surface area (Å²) in [5, 5.41) is 17.2. The summed E-state index contributed by atoms with van der Waals surface area (Å²) in [7, 11) is -11.4. The van der Waals surface area contributed by atoms with Gasteiger partial charge < -0.3 is 58.5 Å². The number of hydrogen-bond donors (Lipinski definition) is 4. The zero-order valence-corrected chi connectivity index (χ0v) is 76.4. The molecule has 4 amide bonds. The van der Waals surface area contributed by atoms with Gasteiger partial charge in [-0.2, -0.15) is 0 Å². The van der Waals surface area contributed by atoms with Gasteiger partial charge >= 0.3 is 0 Å². The van der Waals surface area contributed by atoms with Gasteiger partial charge in [0.2, 0.25) is 23.6 Å². The SMILES string of the molecule is CCCCCCCCCCOc1c2cc(NC(=O)CP(=O)(c3ccccc3)c3ccccc3)cc1Cc1cc(NC(=O)CP(=O)(c3ccccc3)c3ccccc3)cc(c1OC)Cc1cc(NC(=O)CP(=O)(c3ccccc3)c3ccccc3)cc(c1OCCCCCCCCCC)Cc1cc(NC(=O)CP(=O)(c3ccccc3)c3ccccc3)cc(c1OC)C2. The van der Waals surface area contributed by atoms with Crippen molar-refractivity contribution in [3.63, 3.8) is 0 Å². The van der Waals surface area contributed by atoms with Gasteiger partial charge in [-0.15, -0.1) is 0 Å². The highest BCUT2D eigenvalue weighted by Gasteiger charge is 2.36. The first-order valence-electron chi connectivity index (χ1n) is 44.4. The van der Waals surface area contributed by atoms with Crippen molar-refractivity contribution in [2.45, 2.75) is 142 Å². The van der Waals surface area contributed by atoms with Crippen LogP contribution in [-0.2, 0) is 63.1 Å². The largest absolute Gasteiger partial charge is 0.496 e. The Bertz CT molecular complexity index is 5220. The summed E-state index contributed by atoms with van der Waals surface area (Å²) >= 11 is 0. The van der Waals surface area contributed by atoms with Crippen LogP contribution in [0.4, 0.5) is 22.7 Å². The summed E-state index contributed by atoms with van der Waals surface area (Å²) in [5.74, 6) is -0.221. The standard InChI is InChI=1S/C106H116N4O12P4/c1-5-7-9-11-13-15-17-43-61-121-105-83-63-79-67-87(107-99(111)75-123(115,91-45-27-19-28-46-91)92-47-29-20-30-48-92)69-81(103(79)119-3)65-85-73-90(110-102(114)78-126(118,97-57-39-25-40-58-97)98-59-41-26-42-60-98)74-86(106(85)122-62-44-18-16-14-12-10-8-6-2)66-82-70-88(108-100(112)76-124(116,93-49-31-21-32-50-93)94-51-33-22-34-52-94)68-80(104(82)120-4)64-84(105)72-89(71-83)109-101(113)77-125(117,95-53-35-23-36-54-95)96-55-37-24-38-56-96/h19-42,45-60,67-74H,5-18,43-44,61-66,75-78H2,1-4H3,(H,107,111)(H,108,112)(H,109,113)(H,110,114). The van der Waals surface area contributed by atoms with Gasteiger partial charge in [-0.05, 0) is 61.4 Å². The molecule has 0 fully saturated rings. The van der Waals surface area contributed by atoms with E-state index in [2.05, 4.69) is 35.1 Å². The van der Waals surface area contributed by atoms with E-state index in [0.717, 1.165) is 64.2 Å². The van der Waals surface area contributed by atoms with Crippen molar-refractivity contribution in [2.75, 3.05) is 73.3 Å². The minimum atomic E-state index is -3.66. The van der Waals surface area contributed by atoms with Crippen LogP contribution < -0.4 is 82.7 Å². The van der Waals surface area contributed by atoms with E-state index in [0.29, 0.717) is 159 Å². The van der Waals surface area contributed by atoms with Crippen LogP contribution >= 0.6 is 28.6 Å². The predicted octanol–water partition coefficient (Wildman–Crippen LogP) is 21.2. The lowest BCUT2D eigenvalue weighted by atomic mass is 9.90. The number of carbonyl (C=O) groups excluding carboxylic acids is 4. The Morgan fingerprint density at radius 2 is 0.413 bits per heavy atom. The summed E-state index contributed by atoms with van der Waals surface area (Å²) in [6.45, 7) is 5.02. The molecule has 0 atom stereocenters. The number of hydrogen-bond acceptors (Lipinski definition) is 12. The van der Waals surface area contributed by atoms with E-state index in [1.807, 2.05) is 194 Å². The number of methoxy groups -OCH3 is 2. The lowest BCUT2D eigenvalue weighted by Gasteiger charge is -2.25. The molecule has 0 spiro atoms. The Hall–Kier alpha value is -11.4. The Kier molecular flexibility index (Phi) is 33.1. The zero-order valence-electron chi connectivity index (χ0n) is 72.8. The van der Waals surface area contributed by atoms with Gasteiger partial charge in [-0.25, -0.2) is 0 Å². The first-order chi connectivity index (χ1) is 61.4. The van der Waals surface area contributed by atoms with E-state index in [4.69, 9.17) is 18.9 Å². The summed E-state index contributed by atoms with van der Waals surface area (Å²) in [6.07, 6.45) is 15.3. The molecule has 0 heterocycles. The molecule has 12 aromatic rings. The molecule has 652 valence electrons. The molecule has 20 heteroatoms. The van der Waals surface area contributed by atoms with Crippen LogP contribution in [0.1, 0.15) is 161 Å². The maximum atomic E-state index is 15.9. The maximum absolute atomic E-state index is 15.9. The molecular formula is C106H116N4O12P4. The molecule has 13 rings (SSSR count). The molecule has 0 aliphatic heterocycles. The first kappa shape index (κ1) is 92.3. The highest BCUT2D eigenvalue weighted by atomic mass is 31.2. The van der Waals surface area contributed by atoms with E-state index in [9.17, 15) is 0 Å². The minimum absolute atomic E-state index is 0.0375. The monoisotopic (exact) mass is 1760 g/mol. The first-order valence-corrected chi connectivity index (χ1v) is 51.9. The molecule has 126 heavy (non-hydrogen) atoms. The average Bonchev–Trinajstić information content (AvgIpc) is 0.790. The van der Waals surface area contributed by atoms with Crippen molar-refractivity contribution in [3.8, 4) is 23.0 Å². The topological polar surface area (TPSA) is 222 Å². The highest BCUT2D eigenvalue weighted by Crippen LogP contribution is 2.49. The van der Waals surface area contributed by atoms with E-state index >= 15 is 37.4 Å². The molecule has 16 nitrogen and oxygen atoms in total. The van der Waals surface area contributed by atoms with Crippen molar-refractivity contribution in [1.82, 2.24) is 0 Å². The van der Waals surface area contributed by atoms with E-state index in [-0.39, 0.29) is 50.3 Å². The number of benzene rings is 12. The molecule has 0 saturated carbocycles. The minimum Gasteiger partial charge on any atom is -0.496 e. The molecule has 0 aromatic heterocycles. The molecule has 8 bridgehead atoms. The molecule has 1 aliphatic rings. The van der Waals surface area contributed by atoms with Gasteiger partial charge in [-0.3, -0.25) is 19.2 Å². The van der Waals surface area contributed by atoms with Crippen molar-refractivity contribution in [3.05, 3.63) is 336 Å². The van der Waals surface area contributed by atoms with Crippen molar-refractivity contribution in [1.29, 1.82) is 0 Å². The van der Waals surface area contributed by atoms with Crippen LogP contribution in [0, 0.1) is 0 Å². The van der Waals surface area contributed by atoms with Gasteiger partial charge in [0.1, 0.15) is 23.0 Å². The summed E-state index contributed by atoms with van der Waals surface area (Å²) in [5.41, 5.74) is 6.11. The van der Waals surface area contributed by atoms with E-state index in [1.165, 1.54) is 25.7 Å². The predicted molar refractivity (Wildman–Crippen MR) is 519 cm³/mol. The van der Waals surface area contributed by atoms with Crippen molar-refractivity contribution in [2.24, 2.45) is 0 Å². The van der Waals surface area contributed by atoms with Gasteiger partial charge in [0.15, 0.2) is 28.6 Å². The van der Waals surface area contributed by atoms with Gasteiger partial charge in [0.05, 0.1) is 52.1 Å². The Balaban J connectivity index is 1.03. The summed E-state index contributed by atoms with van der Waals surface area (Å²) < 4.78 is 91.7. The molecule has 0 unspecified atom stereocenters. The normalized spacial score (nSPS) is 12.2. The smallest absolute Gasteiger partial charge is 0.232 e. The highest BCUT2D eigenvalue weighted by molar-refractivity contribution is 7.80. The van der Waals surface area contributed by atoms with Crippen LogP contribution in [0.2, 0.25) is 0 Å². The van der Waals surface area contributed by atoms with Crippen LogP contribution in [0.15, 0.2) is 291 Å². The quantitative estimate of drug-likeness (QED) is 0.0207. The van der Waals surface area contributed by atoms with Crippen LogP contribution in [0.5, 0.6) is 23.0 Å². The molecule has 1 aliphatic carbocycles. The summed E-state index contributed by atoms with van der Waals surface area (Å²) in [4.78, 5) is 61.7. The number of carbonyl (C=O) groups is 4. The average molecular weight is 1760 g/mol. The van der Waals surface area contributed by atoms with Gasteiger partial charge in [0.25, 0.3) is 0 Å². The number of fused-ring (bicyclic) bond motifs is 8. The third kappa shape index (κ3) is 23.8. The second-order valence-electron chi connectivity index (χ2n) is 32.7. The Labute approximate surface area is 743 Å². The molecule has 0 radical (unpaired) electrons. The number of unbranched alkanes of at least 4 members (excludes halogenated alkanes) is 14. The maximum Gasteiger partial charge on any atom is 0.232 e. The second-order valence-corrected chi connectivity index (χ2v) is 44.0. The van der Waals surface area contributed by atoms with Gasteiger partial charge in [0, 0.05) is 135 Å². The van der Waals surface area contributed by atoms with E-state index < -0.39 is 52.2 Å². The molecule has 0 saturated heterocycles. The lowest BCUT2D eigenvalue weighted by Crippen LogP contribution is -2.26. The van der Waals surface area contributed by atoms with E-state index in [1.54, 1.807) is 111 Å². The number of anilines is 4. The lowest BCUT2D eigenvalue weighted by molar-refractivity contribution is -0.114. The van der Waals surface area contributed by atoms with Crippen LogP contribution in [-0.4, -0.2) is 75.7 Å². The fourth-order valence-corrected chi connectivity index (χ4v) is 27.0. The third-order valence-electron chi connectivity index (χ3n) is 23.4. The Morgan fingerprint density at radius 3 is 0.587 bits per heavy atom. The van der Waals surface area contributed by atoms with Gasteiger partial charge in [-0.1, -0.05) is 346 Å². The number of rotatable bonds is 42. The third-order valence-corrected chi connectivity index (χ3v) is 35.4. The number of nitrogens with one attached hydrogen (secondary N) is 4. The zero-order chi connectivity index (χ0) is 88.1. The number of amides is 4. The summed E-state index contributed by atoms with van der Waals surface area (Å²) in [6, 6.07) is 87.6. The second kappa shape index (κ2) is 45.2. The Morgan fingerprint density at radius 1 is 0.246 bits per heavy atom. The van der Waals surface area contributed by atoms with Crippen molar-refractivity contribution >= 4 is 117 Å². The molecule has 12 aromatic carbocycles. The van der Waals surface area contributed by atoms with Crippen molar-refractivity contribution < 1.29 is 56.4 Å². The van der Waals surface area contributed by atoms with Crippen LogP contribution in [0.25, 0.3) is 0 Å².